The molecule has 24 heavy (non-hydrogen) atoms. The van der Waals surface area contributed by atoms with Crippen molar-refractivity contribution in [2.45, 2.75) is 18.2 Å². The van der Waals surface area contributed by atoms with Gasteiger partial charge in [0.15, 0.2) is 0 Å². The van der Waals surface area contributed by atoms with E-state index in [1.54, 1.807) is 7.11 Å². The van der Waals surface area contributed by atoms with Gasteiger partial charge in [0.25, 0.3) is 0 Å². The second kappa shape index (κ2) is 11.9. The highest BCUT2D eigenvalue weighted by Gasteiger charge is 2.16. The van der Waals surface area contributed by atoms with E-state index in [2.05, 4.69) is 10.6 Å². The molecule has 136 valence electrons. The Balaban J connectivity index is 0.00000288. The summed E-state index contributed by atoms with van der Waals surface area (Å²) in [7, 11) is 0.656. The van der Waals surface area contributed by atoms with Crippen LogP contribution in [0, 0.1) is 0 Å². The van der Waals surface area contributed by atoms with Crippen molar-refractivity contribution in [3.8, 4) is 0 Å². The van der Waals surface area contributed by atoms with Gasteiger partial charge in [0.1, 0.15) is 0 Å². The van der Waals surface area contributed by atoms with Gasteiger partial charge in [-0.3, -0.25) is 9.00 Å². The number of thioether (sulfide) groups is 1. The van der Waals surface area contributed by atoms with E-state index in [-0.39, 0.29) is 24.4 Å². The average Bonchev–Trinajstić information content (AvgIpc) is 2.54. The van der Waals surface area contributed by atoms with Crippen molar-refractivity contribution in [2.24, 2.45) is 0 Å². The number of carbonyl (C=O) groups excluding carboxylic acids is 1. The molecule has 1 saturated heterocycles. The number of hydrogen-bond acceptors (Lipinski definition) is 5. The van der Waals surface area contributed by atoms with E-state index in [1.165, 1.54) is 0 Å². The third-order valence-corrected chi connectivity index (χ3v) is 5.89. The van der Waals surface area contributed by atoms with E-state index >= 15 is 0 Å². The molecule has 1 aromatic carbocycles. The SMILES string of the molecule is COCCS(=O)Cc1cccc(NC(=O)CC2CSCCN2)c1.Cl. The molecule has 1 fully saturated rings. The lowest BCUT2D eigenvalue weighted by Crippen LogP contribution is -2.39. The predicted octanol–water partition coefficient (Wildman–Crippen LogP) is 2.04. The zero-order valence-corrected chi connectivity index (χ0v) is 16.2. The van der Waals surface area contributed by atoms with Crippen molar-refractivity contribution in [3.63, 3.8) is 0 Å². The molecule has 2 N–H and O–H groups in total. The number of methoxy groups -OCH3 is 1. The molecule has 1 aliphatic heterocycles. The van der Waals surface area contributed by atoms with E-state index in [0.717, 1.165) is 29.3 Å². The molecule has 8 heteroatoms. The summed E-state index contributed by atoms with van der Waals surface area (Å²) < 4.78 is 16.8. The Labute approximate surface area is 156 Å². The van der Waals surface area contributed by atoms with Gasteiger partial charge in [0.2, 0.25) is 5.91 Å². The van der Waals surface area contributed by atoms with Gasteiger partial charge < -0.3 is 15.4 Å². The highest BCUT2D eigenvalue weighted by molar-refractivity contribution is 7.99. The van der Waals surface area contributed by atoms with Gasteiger partial charge in [-0.2, -0.15) is 11.8 Å². The number of amides is 1. The molecule has 1 aliphatic rings. The van der Waals surface area contributed by atoms with E-state index in [1.807, 2.05) is 36.0 Å². The molecular weight excluding hydrogens is 368 g/mol. The lowest BCUT2D eigenvalue weighted by molar-refractivity contribution is -0.116. The summed E-state index contributed by atoms with van der Waals surface area (Å²) in [6.07, 6.45) is 0.483. The standard InChI is InChI=1S/C16H24N2O3S2.ClH/c1-21-6-8-23(20)12-13-3-2-4-14(9-13)18-16(19)10-15-11-22-7-5-17-15;/h2-4,9,15,17H,5-8,10-12H2,1H3,(H,18,19);1H. The zero-order chi connectivity index (χ0) is 16.5. The number of hydrogen-bond donors (Lipinski definition) is 2. The van der Waals surface area contributed by atoms with Crippen LogP contribution in [0.15, 0.2) is 24.3 Å². The first kappa shape index (κ1) is 21.4. The van der Waals surface area contributed by atoms with Gasteiger partial charge in [0, 0.05) is 65.6 Å². The van der Waals surface area contributed by atoms with Gasteiger partial charge in [-0.05, 0) is 17.7 Å². The van der Waals surface area contributed by atoms with Crippen molar-refractivity contribution in [1.82, 2.24) is 5.32 Å². The molecule has 2 rings (SSSR count). The largest absolute Gasteiger partial charge is 0.384 e. The lowest BCUT2D eigenvalue weighted by Gasteiger charge is -2.22. The van der Waals surface area contributed by atoms with Gasteiger partial charge >= 0.3 is 0 Å². The second-order valence-corrected chi connectivity index (χ2v) is 8.19. The number of carbonyl (C=O) groups is 1. The van der Waals surface area contributed by atoms with Crippen molar-refractivity contribution < 1.29 is 13.7 Å². The molecule has 1 aromatic rings. The van der Waals surface area contributed by atoms with Crippen molar-refractivity contribution in [2.75, 3.05) is 42.8 Å². The van der Waals surface area contributed by atoms with E-state index in [0.29, 0.717) is 24.5 Å². The van der Waals surface area contributed by atoms with Crippen LogP contribution in [0.3, 0.4) is 0 Å². The van der Waals surface area contributed by atoms with Crippen LogP contribution in [0.4, 0.5) is 5.69 Å². The molecule has 2 atom stereocenters. The first-order valence-electron chi connectivity index (χ1n) is 7.71. The lowest BCUT2D eigenvalue weighted by atomic mass is 10.2. The molecule has 0 saturated carbocycles. The third-order valence-electron chi connectivity index (χ3n) is 3.48. The number of ether oxygens (including phenoxy) is 1. The Morgan fingerprint density at radius 3 is 3.04 bits per heavy atom. The van der Waals surface area contributed by atoms with Crippen LogP contribution in [0.1, 0.15) is 12.0 Å². The molecule has 0 spiro atoms. The van der Waals surface area contributed by atoms with Crippen molar-refractivity contribution in [3.05, 3.63) is 29.8 Å². The Bertz CT molecular complexity index is 540. The van der Waals surface area contributed by atoms with E-state index in [9.17, 15) is 9.00 Å². The fourth-order valence-corrected chi connectivity index (χ4v) is 4.36. The van der Waals surface area contributed by atoms with Crippen molar-refractivity contribution >= 4 is 46.6 Å². The Morgan fingerprint density at radius 2 is 2.33 bits per heavy atom. The first-order chi connectivity index (χ1) is 11.2. The highest BCUT2D eigenvalue weighted by atomic mass is 35.5. The average molecular weight is 393 g/mol. The highest BCUT2D eigenvalue weighted by Crippen LogP contribution is 2.15. The molecule has 5 nitrogen and oxygen atoms in total. The Morgan fingerprint density at radius 1 is 1.50 bits per heavy atom. The normalized spacial score (nSPS) is 18.5. The predicted molar refractivity (Wildman–Crippen MR) is 105 cm³/mol. The molecule has 1 amide bonds. The van der Waals surface area contributed by atoms with Crippen LogP contribution >= 0.6 is 24.2 Å². The maximum absolute atomic E-state index is 12.1. The summed E-state index contributed by atoms with van der Waals surface area (Å²) in [5.41, 5.74) is 1.73. The summed E-state index contributed by atoms with van der Waals surface area (Å²) in [4.78, 5) is 12.1. The van der Waals surface area contributed by atoms with Crippen LogP contribution in [0.5, 0.6) is 0 Å². The van der Waals surface area contributed by atoms with Gasteiger partial charge in [-0.15, -0.1) is 12.4 Å². The van der Waals surface area contributed by atoms with E-state index in [4.69, 9.17) is 4.74 Å². The summed E-state index contributed by atoms with van der Waals surface area (Å²) in [6, 6.07) is 7.82. The quantitative estimate of drug-likeness (QED) is 0.708. The van der Waals surface area contributed by atoms with Gasteiger partial charge in [-0.25, -0.2) is 0 Å². The maximum atomic E-state index is 12.1. The van der Waals surface area contributed by atoms with E-state index < -0.39 is 10.8 Å². The van der Waals surface area contributed by atoms with Crippen LogP contribution in [-0.4, -0.2) is 53.7 Å². The minimum atomic E-state index is -0.948. The van der Waals surface area contributed by atoms with Gasteiger partial charge in [-0.1, -0.05) is 12.1 Å². The number of rotatable bonds is 8. The Kier molecular flexibility index (Phi) is 10.6. The number of nitrogens with one attached hydrogen (secondary N) is 2. The molecule has 0 radical (unpaired) electrons. The third kappa shape index (κ3) is 7.98. The molecule has 1 heterocycles. The smallest absolute Gasteiger partial charge is 0.225 e. The zero-order valence-electron chi connectivity index (χ0n) is 13.8. The topological polar surface area (TPSA) is 67.4 Å². The molecule has 0 aliphatic carbocycles. The summed E-state index contributed by atoms with van der Waals surface area (Å²) in [5, 5.41) is 6.29. The number of halogens is 1. The monoisotopic (exact) mass is 392 g/mol. The number of anilines is 1. The van der Waals surface area contributed by atoms with Crippen molar-refractivity contribution in [1.29, 1.82) is 0 Å². The molecule has 0 bridgehead atoms. The van der Waals surface area contributed by atoms with Crippen LogP contribution in [0.25, 0.3) is 0 Å². The minimum absolute atomic E-state index is 0. The molecular formula is C16H25ClN2O3S2. The van der Waals surface area contributed by atoms with Crippen LogP contribution in [-0.2, 0) is 26.1 Å². The van der Waals surface area contributed by atoms with Crippen LogP contribution in [0.2, 0.25) is 0 Å². The fraction of sp³-hybridized carbons (Fsp3) is 0.562. The summed E-state index contributed by atoms with van der Waals surface area (Å²) >= 11 is 1.88. The molecule has 0 aromatic heterocycles. The van der Waals surface area contributed by atoms with Crippen LogP contribution < -0.4 is 10.6 Å². The fourth-order valence-electron chi connectivity index (χ4n) is 2.36. The molecule has 2 unspecified atom stereocenters. The van der Waals surface area contributed by atoms with Gasteiger partial charge in [0.05, 0.1) is 6.61 Å². The maximum Gasteiger partial charge on any atom is 0.225 e. The Hall–Kier alpha value is -0.600. The number of benzene rings is 1. The second-order valence-electron chi connectivity index (χ2n) is 5.46. The summed E-state index contributed by atoms with van der Waals surface area (Å²) in [5.74, 6) is 3.11. The first-order valence-corrected chi connectivity index (χ1v) is 10.4. The minimum Gasteiger partial charge on any atom is -0.384 e. The summed E-state index contributed by atoms with van der Waals surface area (Å²) in [6.45, 7) is 1.46.